The number of ether oxygens (including phenoxy) is 2. The summed E-state index contributed by atoms with van der Waals surface area (Å²) < 4.78 is 27.8. The van der Waals surface area contributed by atoms with Crippen LogP contribution >= 0.6 is 40.2 Å². The number of rotatable bonds is 9. The second-order valence-electron chi connectivity index (χ2n) is 11.9. The lowest BCUT2D eigenvalue weighted by molar-refractivity contribution is 0.0619. The number of halogens is 4. The molecular formula is C36H35BrCl2FN5O4. The highest BCUT2D eigenvalue weighted by atomic mass is 79.9. The van der Waals surface area contributed by atoms with E-state index in [4.69, 9.17) is 32.7 Å². The molecule has 0 radical (unpaired) electrons. The summed E-state index contributed by atoms with van der Waals surface area (Å²) in [6, 6.07) is 20.6. The third kappa shape index (κ3) is 8.53. The average Bonchev–Trinajstić information content (AvgIpc) is 3.39. The van der Waals surface area contributed by atoms with E-state index in [9.17, 15) is 14.0 Å². The van der Waals surface area contributed by atoms with Crippen LogP contribution in [-0.2, 0) is 13.6 Å². The molecule has 0 saturated carbocycles. The number of aryl methyl sites for hydroxylation is 1. The molecule has 0 bridgehead atoms. The maximum atomic E-state index is 14.5. The van der Waals surface area contributed by atoms with Gasteiger partial charge >= 0.3 is 0 Å². The van der Waals surface area contributed by atoms with Gasteiger partial charge in [0, 0.05) is 62.9 Å². The summed E-state index contributed by atoms with van der Waals surface area (Å²) in [6.07, 6.45) is 1.40. The number of nitrogens with zero attached hydrogens (tertiary/aromatic N) is 4. The first-order valence-corrected chi connectivity index (χ1v) is 16.3. The number of hydrogen-bond acceptors (Lipinski definition) is 6. The Morgan fingerprint density at radius 2 is 1.71 bits per heavy atom. The summed E-state index contributed by atoms with van der Waals surface area (Å²) in [5.74, 6) is 0.395. The quantitative estimate of drug-likeness (QED) is 0.162. The third-order valence-electron chi connectivity index (χ3n) is 8.06. The Kier molecular flexibility index (Phi) is 11.5. The molecule has 1 aliphatic heterocycles. The van der Waals surface area contributed by atoms with E-state index >= 15 is 0 Å². The van der Waals surface area contributed by atoms with E-state index in [0.717, 1.165) is 16.5 Å². The molecule has 6 rings (SSSR count). The number of carbonyl (C=O) groups is 2. The maximum Gasteiger partial charge on any atom is 0.270 e. The molecule has 13 heteroatoms. The van der Waals surface area contributed by atoms with Gasteiger partial charge in [0.25, 0.3) is 11.8 Å². The summed E-state index contributed by atoms with van der Waals surface area (Å²) >= 11 is 12.0. The summed E-state index contributed by atoms with van der Waals surface area (Å²) in [4.78, 5) is 34.5. The summed E-state index contributed by atoms with van der Waals surface area (Å²) in [6.45, 7) is 6.84. The zero-order valence-electron chi connectivity index (χ0n) is 27.1. The third-order valence-corrected chi connectivity index (χ3v) is 8.80. The lowest BCUT2D eigenvalue weighted by Gasteiger charge is -2.34. The van der Waals surface area contributed by atoms with E-state index < -0.39 is 0 Å². The molecule has 3 heterocycles. The Labute approximate surface area is 304 Å². The number of piperazine rings is 1. The lowest BCUT2D eigenvalue weighted by Crippen LogP contribution is -2.48. The number of anilines is 1. The van der Waals surface area contributed by atoms with Crippen molar-refractivity contribution in [2.24, 2.45) is 7.05 Å². The van der Waals surface area contributed by atoms with Gasteiger partial charge in [-0.25, -0.2) is 9.37 Å². The van der Waals surface area contributed by atoms with Crippen molar-refractivity contribution in [3.63, 3.8) is 0 Å². The number of amides is 2. The van der Waals surface area contributed by atoms with Crippen LogP contribution in [0.4, 0.5) is 10.1 Å². The Balaban J connectivity index is 0.00000468. The van der Waals surface area contributed by atoms with Crippen molar-refractivity contribution in [1.29, 1.82) is 0 Å². The minimum Gasteiger partial charge on any atom is -0.488 e. The molecular weight excluding hydrogens is 736 g/mol. The molecule has 2 amide bonds. The van der Waals surface area contributed by atoms with Crippen molar-refractivity contribution >= 4 is 68.6 Å². The Morgan fingerprint density at radius 1 is 0.939 bits per heavy atom. The Bertz CT molecular complexity index is 1980. The molecule has 1 aliphatic rings. The zero-order chi connectivity index (χ0) is 33.9. The smallest absolute Gasteiger partial charge is 0.270 e. The number of aromatic nitrogens is 2. The standard InChI is InChI=1S/C36H34Cl2FN5O4.BrH/c1-22(2)47-33-10-4-23(16-30(33)39)21-43-12-14-44(15-13-43)36(46)32-18-24-5-8-27(19-31(24)42(32)3)48-34-11-7-26(20-40-34)41-35(45)25-6-9-28(37)29(38)17-25;/h4-11,16-20,22H,12-15,21H2,1-3H3,(H,41,45);1H. The molecule has 0 spiro atoms. The largest absolute Gasteiger partial charge is 0.488 e. The fraction of sp³-hybridized carbons (Fsp3) is 0.250. The molecule has 0 atom stereocenters. The molecule has 3 aromatic carbocycles. The number of nitrogens with one attached hydrogen (secondary N) is 1. The van der Waals surface area contributed by atoms with Crippen LogP contribution < -0.4 is 14.8 Å². The van der Waals surface area contributed by atoms with Crippen LogP contribution in [0.25, 0.3) is 10.9 Å². The van der Waals surface area contributed by atoms with E-state index in [-0.39, 0.29) is 46.5 Å². The molecule has 0 unspecified atom stereocenters. The van der Waals surface area contributed by atoms with Gasteiger partial charge in [-0.1, -0.05) is 29.3 Å². The highest BCUT2D eigenvalue weighted by molar-refractivity contribution is 8.93. The van der Waals surface area contributed by atoms with Crippen LogP contribution in [0.1, 0.15) is 40.3 Å². The molecule has 2 aromatic heterocycles. The molecule has 49 heavy (non-hydrogen) atoms. The van der Waals surface area contributed by atoms with Gasteiger partial charge in [-0.15, -0.1) is 17.0 Å². The molecule has 1 N–H and O–H groups in total. The normalized spacial score (nSPS) is 13.3. The predicted molar refractivity (Wildman–Crippen MR) is 195 cm³/mol. The SMILES string of the molecule is Br.CC(C)Oc1ccc(CN2CCN(C(=O)c3cc4ccc(Oc5ccc(NC(=O)c6ccc(Cl)c(Cl)c6)cn5)cc4n3C)CC2)cc1F. The van der Waals surface area contributed by atoms with Crippen LogP contribution in [0.3, 0.4) is 0 Å². The topological polar surface area (TPSA) is 88.9 Å². The molecule has 9 nitrogen and oxygen atoms in total. The van der Waals surface area contributed by atoms with Gasteiger partial charge in [0.15, 0.2) is 11.6 Å². The predicted octanol–water partition coefficient (Wildman–Crippen LogP) is 8.39. The van der Waals surface area contributed by atoms with Crippen LogP contribution in [0, 0.1) is 5.82 Å². The maximum absolute atomic E-state index is 14.5. The first-order chi connectivity index (χ1) is 23.0. The minimum absolute atomic E-state index is 0. The molecule has 1 saturated heterocycles. The van der Waals surface area contributed by atoms with Gasteiger partial charge in [0.1, 0.15) is 11.4 Å². The van der Waals surface area contributed by atoms with Gasteiger partial charge in [0.05, 0.1) is 33.6 Å². The second kappa shape index (κ2) is 15.6. The summed E-state index contributed by atoms with van der Waals surface area (Å²) in [5, 5.41) is 4.34. The first kappa shape index (κ1) is 36.1. The van der Waals surface area contributed by atoms with Gasteiger partial charge < -0.3 is 24.3 Å². The van der Waals surface area contributed by atoms with Gasteiger partial charge in [-0.2, -0.15) is 0 Å². The van der Waals surface area contributed by atoms with E-state index in [1.54, 1.807) is 30.3 Å². The first-order valence-electron chi connectivity index (χ1n) is 15.5. The van der Waals surface area contributed by atoms with Crippen molar-refractivity contribution in [3.8, 4) is 17.4 Å². The molecule has 0 aliphatic carbocycles. The van der Waals surface area contributed by atoms with E-state index in [0.29, 0.717) is 71.3 Å². The van der Waals surface area contributed by atoms with Crippen molar-refractivity contribution in [2.75, 3.05) is 31.5 Å². The van der Waals surface area contributed by atoms with E-state index in [1.165, 1.54) is 18.3 Å². The van der Waals surface area contributed by atoms with Gasteiger partial charge in [-0.3, -0.25) is 14.5 Å². The van der Waals surface area contributed by atoms with Crippen molar-refractivity contribution < 1.29 is 23.5 Å². The molecule has 256 valence electrons. The number of benzene rings is 3. The average molecular weight is 772 g/mol. The van der Waals surface area contributed by atoms with Crippen molar-refractivity contribution in [3.05, 3.63) is 112 Å². The lowest BCUT2D eigenvalue weighted by atomic mass is 10.1. The number of hydrogen-bond donors (Lipinski definition) is 1. The summed E-state index contributed by atoms with van der Waals surface area (Å²) in [5.41, 5.74) is 3.15. The Hall–Kier alpha value is -4.16. The molecule has 5 aromatic rings. The zero-order valence-corrected chi connectivity index (χ0v) is 30.3. The van der Waals surface area contributed by atoms with E-state index in [2.05, 4.69) is 15.2 Å². The van der Waals surface area contributed by atoms with Crippen LogP contribution in [0.15, 0.2) is 79.0 Å². The second-order valence-corrected chi connectivity index (χ2v) is 12.7. The fourth-order valence-electron chi connectivity index (χ4n) is 5.58. The molecule has 1 fully saturated rings. The fourth-order valence-corrected chi connectivity index (χ4v) is 5.87. The van der Waals surface area contributed by atoms with Crippen LogP contribution in [0.5, 0.6) is 17.4 Å². The number of fused-ring (bicyclic) bond motifs is 1. The van der Waals surface area contributed by atoms with E-state index in [1.807, 2.05) is 60.7 Å². The highest BCUT2D eigenvalue weighted by Crippen LogP contribution is 2.29. The number of pyridine rings is 1. The van der Waals surface area contributed by atoms with Crippen LogP contribution in [0.2, 0.25) is 10.0 Å². The minimum atomic E-state index is -0.365. The van der Waals surface area contributed by atoms with Crippen molar-refractivity contribution in [2.45, 2.75) is 26.5 Å². The summed E-state index contributed by atoms with van der Waals surface area (Å²) in [7, 11) is 1.86. The van der Waals surface area contributed by atoms with Gasteiger partial charge in [-0.05, 0) is 74.0 Å². The highest BCUT2D eigenvalue weighted by Gasteiger charge is 2.25. The van der Waals surface area contributed by atoms with Gasteiger partial charge in [0.2, 0.25) is 5.88 Å². The monoisotopic (exact) mass is 769 g/mol. The Morgan fingerprint density at radius 3 is 2.39 bits per heavy atom. The van der Waals surface area contributed by atoms with Crippen LogP contribution in [-0.4, -0.2) is 63.4 Å². The van der Waals surface area contributed by atoms with Crippen molar-refractivity contribution in [1.82, 2.24) is 19.4 Å². The number of carbonyl (C=O) groups excluding carboxylic acids is 2.